The van der Waals surface area contributed by atoms with Gasteiger partial charge in [0.05, 0.1) is 0 Å². The second-order valence-electron chi connectivity index (χ2n) is 0. The van der Waals surface area contributed by atoms with Crippen LogP contribution in [-0.4, -0.2) is 84.0 Å². The van der Waals surface area contributed by atoms with E-state index in [2.05, 4.69) is 0 Å². The van der Waals surface area contributed by atoms with Gasteiger partial charge in [-0.25, -0.2) is 0 Å². The van der Waals surface area contributed by atoms with Crippen LogP contribution in [0.4, 0.5) is 0 Å². The SMILES string of the molecule is O.O.O.O.O.O.O.O.O.[Al+3].[Al+3].[Mo].[Mo]. The second-order valence-corrected chi connectivity index (χ2v) is 0. The van der Waals surface area contributed by atoms with Crippen LogP contribution in [0.1, 0.15) is 0 Å². The molecular weight excluding hydrogens is 390 g/mol. The Bertz CT molecular complexity index is 15.6. The van der Waals surface area contributed by atoms with Gasteiger partial charge < -0.3 is 49.3 Å². The van der Waals surface area contributed by atoms with Crippen molar-refractivity contribution in [2.75, 3.05) is 0 Å². The molecule has 0 aromatic rings. The molecular formula is H18Al2Mo2O9+6. The maximum absolute atomic E-state index is 0. The van der Waals surface area contributed by atoms with Crippen LogP contribution in [0.2, 0.25) is 0 Å². The van der Waals surface area contributed by atoms with Gasteiger partial charge in [-0.15, -0.1) is 0 Å². The Morgan fingerprint density at radius 3 is 0.231 bits per heavy atom. The molecule has 13 heteroatoms. The van der Waals surface area contributed by atoms with E-state index in [1.54, 1.807) is 0 Å². The van der Waals surface area contributed by atoms with Gasteiger partial charge in [0.2, 0.25) is 0 Å². The molecule has 0 rings (SSSR count). The van der Waals surface area contributed by atoms with Crippen LogP contribution in [0.3, 0.4) is 0 Å². The summed E-state index contributed by atoms with van der Waals surface area (Å²) in [6.07, 6.45) is 0. The summed E-state index contributed by atoms with van der Waals surface area (Å²) < 4.78 is 0. The summed E-state index contributed by atoms with van der Waals surface area (Å²) in [6, 6.07) is 0. The van der Waals surface area contributed by atoms with Crippen LogP contribution in [0.15, 0.2) is 0 Å². The molecule has 0 fully saturated rings. The molecule has 9 nitrogen and oxygen atoms in total. The third-order valence-electron chi connectivity index (χ3n) is 0. The van der Waals surface area contributed by atoms with Gasteiger partial charge in [0.1, 0.15) is 0 Å². The fourth-order valence-corrected chi connectivity index (χ4v) is 0. The summed E-state index contributed by atoms with van der Waals surface area (Å²) in [4.78, 5) is 0. The standard InChI is InChI=1S/2Al.2Mo.9H2O/h;;;;9*1H2/q2*+3;;;;;;;;;;;. The molecule has 0 saturated heterocycles. The topological polar surface area (TPSA) is 284 Å². The van der Waals surface area contributed by atoms with E-state index in [0.717, 1.165) is 0 Å². The smallest absolute Gasteiger partial charge is 0.412 e. The third kappa shape index (κ3) is 474. The quantitative estimate of drug-likeness (QED) is 0.337. The third-order valence-corrected chi connectivity index (χ3v) is 0. The summed E-state index contributed by atoms with van der Waals surface area (Å²) in [5.41, 5.74) is 0. The first-order chi connectivity index (χ1) is 0. The molecule has 84 valence electrons. The number of hydrogen-bond acceptors (Lipinski definition) is 0. The van der Waals surface area contributed by atoms with Crippen LogP contribution < -0.4 is 0 Å². The first kappa shape index (κ1) is 690. The predicted octanol–water partition coefficient (Wildman–Crippen LogP) is -8.19. The van der Waals surface area contributed by atoms with Gasteiger partial charge in [-0.1, -0.05) is 0 Å². The molecule has 0 amide bonds. The molecule has 0 aromatic heterocycles. The van der Waals surface area contributed by atoms with Crippen molar-refractivity contribution in [1.29, 1.82) is 0 Å². The fraction of sp³-hybridized carbons (Fsp3) is 0. The van der Waals surface area contributed by atoms with Gasteiger partial charge in [-0.2, -0.15) is 0 Å². The predicted molar refractivity (Wildman–Crippen MR) is 44.0 cm³/mol. The Morgan fingerprint density at radius 1 is 0.231 bits per heavy atom. The maximum atomic E-state index is 0. The molecule has 0 aliphatic heterocycles. The van der Waals surface area contributed by atoms with E-state index < -0.39 is 0 Å². The molecule has 0 aliphatic rings. The van der Waals surface area contributed by atoms with E-state index in [-0.39, 0.29) is 126 Å². The van der Waals surface area contributed by atoms with Crippen molar-refractivity contribution in [2.24, 2.45) is 0 Å². The molecule has 0 unspecified atom stereocenters. The van der Waals surface area contributed by atoms with Crippen LogP contribution in [0, 0.1) is 0 Å². The molecule has 18 N–H and O–H groups in total. The zero-order chi connectivity index (χ0) is 0. The van der Waals surface area contributed by atoms with Crippen molar-refractivity contribution in [3.63, 3.8) is 0 Å². The van der Waals surface area contributed by atoms with Crippen molar-refractivity contribution >= 4 is 34.7 Å². The minimum Gasteiger partial charge on any atom is -0.412 e. The van der Waals surface area contributed by atoms with Gasteiger partial charge in [-0.05, 0) is 0 Å². The minimum atomic E-state index is 0. The molecule has 0 heterocycles. The molecule has 0 spiro atoms. The zero-order valence-corrected chi connectivity index (χ0v) is 12.8. The number of hydrogen-bond donors (Lipinski definition) is 0. The summed E-state index contributed by atoms with van der Waals surface area (Å²) in [5, 5.41) is 0. The Kier molecular flexibility index (Phi) is 29500. The zero-order valence-electron chi connectivity index (χ0n) is 6.47. The molecule has 0 saturated carbocycles. The van der Waals surface area contributed by atoms with Gasteiger partial charge in [0, 0.05) is 42.1 Å². The average Bonchev–Trinajstić information content (AvgIpc) is 0. The summed E-state index contributed by atoms with van der Waals surface area (Å²) >= 11 is 0. The van der Waals surface area contributed by atoms with Gasteiger partial charge in [0.25, 0.3) is 0 Å². The summed E-state index contributed by atoms with van der Waals surface area (Å²) in [5.74, 6) is 0. The first-order valence-electron chi connectivity index (χ1n) is 0. The molecule has 0 bridgehead atoms. The Labute approximate surface area is 125 Å². The Balaban J connectivity index is 0. The maximum Gasteiger partial charge on any atom is 3.00 e. The van der Waals surface area contributed by atoms with Crippen molar-refractivity contribution < 1.29 is 91.4 Å². The van der Waals surface area contributed by atoms with Crippen LogP contribution in [0.25, 0.3) is 0 Å². The van der Waals surface area contributed by atoms with Crippen molar-refractivity contribution in [1.82, 2.24) is 0 Å². The Hall–Kier alpha value is 2.08. The van der Waals surface area contributed by atoms with E-state index in [4.69, 9.17) is 0 Å². The molecule has 13 heavy (non-hydrogen) atoms. The second kappa shape index (κ2) is 556. The van der Waals surface area contributed by atoms with Crippen LogP contribution in [0.5, 0.6) is 0 Å². The summed E-state index contributed by atoms with van der Waals surface area (Å²) in [6.45, 7) is 0. The van der Waals surface area contributed by atoms with E-state index in [1.165, 1.54) is 0 Å². The van der Waals surface area contributed by atoms with Gasteiger partial charge in [0.15, 0.2) is 0 Å². The van der Waals surface area contributed by atoms with E-state index >= 15 is 0 Å². The monoisotopic (exact) mass is 412 g/mol. The van der Waals surface area contributed by atoms with Gasteiger partial charge >= 0.3 is 34.7 Å². The minimum absolute atomic E-state index is 0. The molecule has 0 aromatic carbocycles. The van der Waals surface area contributed by atoms with Crippen LogP contribution in [-0.2, 0) is 42.1 Å². The van der Waals surface area contributed by atoms with E-state index in [1.807, 2.05) is 0 Å². The van der Waals surface area contributed by atoms with Gasteiger partial charge in [-0.3, -0.25) is 0 Å². The van der Waals surface area contributed by atoms with Crippen molar-refractivity contribution in [2.45, 2.75) is 0 Å². The molecule has 0 radical (unpaired) electrons. The number of rotatable bonds is 0. The molecule has 0 atom stereocenters. The first-order valence-corrected chi connectivity index (χ1v) is 0. The normalized spacial score (nSPS) is 0. The van der Waals surface area contributed by atoms with Crippen LogP contribution >= 0.6 is 0 Å². The van der Waals surface area contributed by atoms with Crippen molar-refractivity contribution in [3.8, 4) is 0 Å². The van der Waals surface area contributed by atoms with E-state index in [0.29, 0.717) is 0 Å². The summed E-state index contributed by atoms with van der Waals surface area (Å²) in [7, 11) is 0. The fourth-order valence-electron chi connectivity index (χ4n) is 0. The largest absolute Gasteiger partial charge is 3.00 e. The average molecular weight is 408 g/mol. The Morgan fingerprint density at radius 2 is 0.231 bits per heavy atom. The van der Waals surface area contributed by atoms with E-state index in [9.17, 15) is 0 Å². The molecule has 0 aliphatic carbocycles. The van der Waals surface area contributed by atoms with Crippen molar-refractivity contribution in [3.05, 3.63) is 0 Å².